The summed E-state index contributed by atoms with van der Waals surface area (Å²) in [5.74, 6) is 0. The molecule has 2 aromatic rings. The Kier molecular flexibility index (Phi) is 5.49. The fraction of sp³-hybridized carbons (Fsp3) is 0.133. The zero-order valence-corrected chi connectivity index (χ0v) is 13.2. The number of hydrogen-bond acceptors (Lipinski definition) is 2. The van der Waals surface area contributed by atoms with E-state index in [1.807, 2.05) is 54.6 Å². The van der Waals surface area contributed by atoms with Gasteiger partial charge in [-0.2, -0.15) is 0 Å². The van der Waals surface area contributed by atoms with Gasteiger partial charge in [-0.15, -0.1) is 11.8 Å². The van der Waals surface area contributed by atoms with Crippen molar-refractivity contribution in [3.8, 4) is 0 Å². The third-order valence-corrected chi connectivity index (χ3v) is 4.56. The molecule has 1 atom stereocenters. The van der Waals surface area contributed by atoms with Crippen LogP contribution in [0.25, 0.3) is 0 Å². The van der Waals surface area contributed by atoms with Gasteiger partial charge in [0.1, 0.15) is 0 Å². The van der Waals surface area contributed by atoms with Crippen LogP contribution in [0.1, 0.15) is 17.2 Å². The molecule has 0 fully saturated rings. The maximum absolute atomic E-state index is 11.2. The first-order chi connectivity index (χ1) is 9.15. The van der Waals surface area contributed by atoms with Gasteiger partial charge < -0.3 is 0 Å². The second-order valence-electron chi connectivity index (χ2n) is 4.03. The molecule has 0 spiro atoms. The van der Waals surface area contributed by atoms with Gasteiger partial charge in [-0.1, -0.05) is 46.3 Å². The van der Waals surface area contributed by atoms with Gasteiger partial charge in [0.2, 0.25) is 5.24 Å². The van der Waals surface area contributed by atoms with E-state index in [0.29, 0.717) is 6.42 Å². The van der Waals surface area contributed by atoms with Gasteiger partial charge >= 0.3 is 0 Å². The predicted molar refractivity (Wildman–Crippen MR) is 84.7 cm³/mol. The summed E-state index contributed by atoms with van der Waals surface area (Å²) in [7, 11) is 0. The number of thioether (sulfide) groups is 1. The molecule has 2 aromatic carbocycles. The highest BCUT2D eigenvalue weighted by Gasteiger charge is 2.16. The monoisotopic (exact) mass is 354 g/mol. The predicted octanol–water partition coefficient (Wildman–Crippen LogP) is 5.44. The Morgan fingerprint density at radius 2 is 1.74 bits per heavy atom. The molecule has 0 aliphatic carbocycles. The summed E-state index contributed by atoms with van der Waals surface area (Å²) in [6.45, 7) is 0. The van der Waals surface area contributed by atoms with Gasteiger partial charge in [0, 0.05) is 21.0 Å². The summed E-state index contributed by atoms with van der Waals surface area (Å²) in [4.78, 5) is 12.4. The number of halogens is 2. The maximum Gasteiger partial charge on any atom is 0.223 e. The summed E-state index contributed by atoms with van der Waals surface area (Å²) in [6.07, 6.45) is 0.322. The number of benzene rings is 2. The molecule has 0 heterocycles. The number of carbonyl (C=O) groups is 1. The van der Waals surface area contributed by atoms with Gasteiger partial charge in [0.15, 0.2) is 0 Å². The number of carbonyl (C=O) groups excluding carboxylic acids is 1. The topological polar surface area (TPSA) is 17.1 Å². The minimum Gasteiger partial charge on any atom is -0.281 e. The average Bonchev–Trinajstić information content (AvgIpc) is 2.39. The molecule has 1 nitrogen and oxygen atoms in total. The van der Waals surface area contributed by atoms with Crippen molar-refractivity contribution < 1.29 is 4.79 Å². The van der Waals surface area contributed by atoms with E-state index in [1.165, 1.54) is 0 Å². The van der Waals surface area contributed by atoms with Crippen LogP contribution in [0.4, 0.5) is 0 Å². The van der Waals surface area contributed by atoms with Crippen LogP contribution >= 0.6 is 39.3 Å². The van der Waals surface area contributed by atoms with E-state index in [2.05, 4.69) is 15.9 Å². The van der Waals surface area contributed by atoms with Crippen LogP contribution in [0.2, 0.25) is 0 Å². The highest BCUT2D eigenvalue weighted by Crippen LogP contribution is 2.38. The normalized spacial score (nSPS) is 12.1. The average molecular weight is 356 g/mol. The Morgan fingerprint density at radius 1 is 1.11 bits per heavy atom. The van der Waals surface area contributed by atoms with Crippen molar-refractivity contribution in [2.75, 3.05) is 0 Å². The van der Waals surface area contributed by atoms with E-state index in [1.54, 1.807) is 11.8 Å². The molecule has 98 valence electrons. The lowest BCUT2D eigenvalue weighted by Gasteiger charge is -2.15. The van der Waals surface area contributed by atoms with Crippen molar-refractivity contribution >= 4 is 44.5 Å². The van der Waals surface area contributed by atoms with E-state index < -0.39 is 0 Å². The minimum absolute atomic E-state index is 0.0421. The van der Waals surface area contributed by atoms with Crippen molar-refractivity contribution in [3.05, 3.63) is 64.6 Å². The highest BCUT2D eigenvalue weighted by atomic mass is 79.9. The Bertz CT molecular complexity index is 542. The Labute approximate surface area is 130 Å². The van der Waals surface area contributed by atoms with E-state index in [-0.39, 0.29) is 10.5 Å². The molecule has 0 saturated carbocycles. The fourth-order valence-electron chi connectivity index (χ4n) is 1.71. The third kappa shape index (κ3) is 4.68. The number of rotatable bonds is 5. The molecule has 0 bridgehead atoms. The van der Waals surface area contributed by atoms with Gasteiger partial charge in [0.05, 0.1) is 0 Å². The lowest BCUT2D eigenvalue weighted by atomic mass is 10.1. The van der Waals surface area contributed by atoms with Crippen molar-refractivity contribution in [2.45, 2.75) is 16.6 Å². The molecule has 0 aliphatic rings. The van der Waals surface area contributed by atoms with Crippen LogP contribution < -0.4 is 0 Å². The van der Waals surface area contributed by atoms with Crippen LogP contribution in [0.15, 0.2) is 64.0 Å². The van der Waals surface area contributed by atoms with E-state index in [4.69, 9.17) is 11.6 Å². The van der Waals surface area contributed by atoms with Crippen LogP contribution in [-0.2, 0) is 4.79 Å². The lowest BCUT2D eigenvalue weighted by Crippen LogP contribution is -1.99. The molecule has 0 amide bonds. The van der Waals surface area contributed by atoms with Crippen molar-refractivity contribution in [1.29, 1.82) is 0 Å². The summed E-state index contributed by atoms with van der Waals surface area (Å²) in [6, 6.07) is 18.0. The fourth-order valence-corrected chi connectivity index (χ4v) is 3.39. The first-order valence-corrected chi connectivity index (χ1v) is 7.86. The molecule has 2 rings (SSSR count). The van der Waals surface area contributed by atoms with E-state index in [0.717, 1.165) is 14.9 Å². The van der Waals surface area contributed by atoms with Gasteiger partial charge in [-0.3, -0.25) is 4.79 Å². The summed E-state index contributed by atoms with van der Waals surface area (Å²) in [5.41, 5.74) is 1.10. The summed E-state index contributed by atoms with van der Waals surface area (Å²) >= 11 is 10.6. The first kappa shape index (κ1) is 14.6. The molecule has 0 radical (unpaired) electrons. The van der Waals surface area contributed by atoms with Crippen LogP contribution in [0.5, 0.6) is 0 Å². The second-order valence-corrected chi connectivity index (χ2v) is 6.64. The van der Waals surface area contributed by atoms with Gasteiger partial charge in [-0.05, 0) is 41.4 Å². The molecule has 4 heteroatoms. The smallest absolute Gasteiger partial charge is 0.223 e. The Morgan fingerprint density at radius 3 is 2.32 bits per heavy atom. The molecule has 0 aliphatic heterocycles. The van der Waals surface area contributed by atoms with Gasteiger partial charge in [-0.25, -0.2) is 0 Å². The molecule has 19 heavy (non-hydrogen) atoms. The molecule has 0 N–H and O–H groups in total. The summed E-state index contributed by atoms with van der Waals surface area (Å²) in [5, 5.41) is -0.267. The maximum atomic E-state index is 11.2. The molecule has 1 unspecified atom stereocenters. The zero-order chi connectivity index (χ0) is 13.7. The molecular weight excluding hydrogens is 344 g/mol. The highest BCUT2D eigenvalue weighted by molar-refractivity contribution is 9.10. The number of hydrogen-bond donors (Lipinski definition) is 0. The standard InChI is InChI=1S/C15H12BrClOS/c16-12-8-6-11(7-9-12)14(10-15(17)18)19-13-4-2-1-3-5-13/h1-9,14H,10H2. The van der Waals surface area contributed by atoms with Crippen LogP contribution in [0, 0.1) is 0 Å². The molecule has 0 saturated heterocycles. The van der Waals surface area contributed by atoms with Crippen LogP contribution in [0.3, 0.4) is 0 Å². The Hall–Kier alpha value is -0.770. The van der Waals surface area contributed by atoms with Crippen molar-refractivity contribution in [2.24, 2.45) is 0 Å². The molecule has 0 aromatic heterocycles. The van der Waals surface area contributed by atoms with Crippen LogP contribution in [-0.4, -0.2) is 5.24 Å². The van der Waals surface area contributed by atoms with Crippen molar-refractivity contribution in [3.63, 3.8) is 0 Å². The van der Waals surface area contributed by atoms with E-state index in [9.17, 15) is 4.79 Å². The summed E-state index contributed by atoms with van der Waals surface area (Å²) < 4.78 is 1.02. The first-order valence-electron chi connectivity index (χ1n) is 5.80. The quantitative estimate of drug-likeness (QED) is 0.525. The Balaban J connectivity index is 2.20. The minimum atomic E-state index is -0.309. The SMILES string of the molecule is O=C(Cl)CC(Sc1ccccc1)c1ccc(Br)cc1. The molecular formula is C15H12BrClOS. The van der Waals surface area contributed by atoms with Gasteiger partial charge in [0.25, 0.3) is 0 Å². The largest absolute Gasteiger partial charge is 0.281 e. The van der Waals surface area contributed by atoms with Crippen molar-refractivity contribution in [1.82, 2.24) is 0 Å². The van der Waals surface area contributed by atoms with E-state index >= 15 is 0 Å². The zero-order valence-electron chi connectivity index (χ0n) is 10.1. The second kappa shape index (κ2) is 7.13. The third-order valence-electron chi connectivity index (χ3n) is 2.61. The lowest BCUT2D eigenvalue weighted by molar-refractivity contribution is -0.111.